The van der Waals surface area contributed by atoms with Gasteiger partial charge in [0.25, 0.3) is 0 Å². The highest BCUT2D eigenvalue weighted by Gasteiger charge is 2.33. The van der Waals surface area contributed by atoms with Gasteiger partial charge in [0.1, 0.15) is 5.75 Å². The van der Waals surface area contributed by atoms with Crippen molar-refractivity contribution in [3.05, 3.63) is 28.3 Å². The number of halogens is 4. The van der Waals surface area contributed by atoms with E-state index in [4.69, 9.17) is 11.6 Å². The zero-order chi connectivity index (χ0) is 12.6. The Labute approximate surface area is 100 Å². The molecule has 17 heavy (non-hydrogen) atoms. The molecule has 0 spiro atoms. The molecule has 6 heteroatoms. The summed E-state index contributed by atoms with van der Waals surface area (Å²) in [4.78, 5) is 11.5. The third-order valence-corrected chi connectivity index (χ3v) is 2.83. The maximum absolute atomic E-state index is 12.1. The van der Waals surface area contributed by atoms with Crippen LogP contribution in [0.1, 0.15) is 28.8 Å². The smallest absolute Gasteiger partial charge is 0.404 e. The van der Waals surface area contributed by atoms with Gasteiger partial charge < -0.3 is 4.74 Å². The van der Waals surface area contributed by atoms with Gasteiger partial charge in [-0.2, -0.15) is 0 Å². The number of hydrogen-bond acceptors (Lipinski definition) is 2. The Bertz CT molecular complexity index is 469. The molecular weight excluding hydrogens is 257 g/mol. The van der Waals surface area contributed by atoms with E-state index in [9.17, 15) is 18.0 Å². The minimum absolute atomic E-state index is 0.129. The van der Waals surface area contributed by atoms with E-state index >= 15 is 0 Å². The van der Waals surface area contributed by atoms with E-state index in [1.807, 2.05) is 0 Å². The van der Waals surface area contributed by atoms with Gasteiger partial charge in [-0.1, -0.05) is 11.6 Å². The first-order valence-electron chi connectivity index (χ1n) is 4.98. The standard InChI is InChI=1S/C11H8ClF3O2/c12-8-4-6-2-1-3-9(16)7(6)5-10(8)17-11(13,14)15/h4-5H,1-3H2. The molecule has 1 aromatic carbocycles. The number of fused-ring (bicyclic) bond motifs is 1. The molecule has 0 heterocycles. The second-order valence-corrected chi connectivity index (χ2v) is 4.17. The Morgan fingerprint density at radius 2 is 1.94 bits per heavy atom. The van der Waals surface area contributed by atoms with E-state index in [1.54, 1.807) is 0 Å². The summed E-state index contributed by atoms with van der Waals surface area (Å²) < 4.78 is 40.0. The summed E-state index contributed by atoms with van der Waals surface area (Å²) in [6, 6.07) is 2.45. The second kappa shape index (κ2) is 4.22. The lowest BCUT2D eigenvalue weighted by Crippen LogP contribution is -2.18. The van der Waals surface area contributed by atoms with Crippen molar-refractivity contribution >= 4 is 17.4 Å². The predicted octanol–water partition coefficient (Wildman–Crippen LogP) is 3.76. The highest BCUT2D eigenvalue weighted by molar-refractivity contribution is 6.32. The maximum atomic E-state index is 12.1. The van der Waals surface area contributed by atoms with Crippen LogP contribution in [0.4, 0.5) is 13.2 Å². The third-order valence-electron chi connectivity index (χ3n) is 2.53. The number of ether oxygens (including phenoxy) is 1. The zero-order valence-corrected chi connectivity index (χ0v) is 9.36. The van der Waals surface area contributed by atoms with E-state index in [0.29, 0.717) is 24.8 Å². The molecule has 0 aromatic heterocycles. The summed E-state index contributed by atoms with van der Waals surface area (Å²) in [6.07, 6.45) is -3.12. The van der Waals surface area contributed by atoms with Gasteiger partial charge in [0.2, 0.25) is 0 Å². The van der Waals surface area contributed by atoms with Gasteiger partial charge in [-0.25, -0.2) is 0 Å². The van der Waals surface area contributed by atoms with E-state index in [2.05, 4.69) is 4.74 Å². The van der Waals surface area contributed by atoms with Gasteiger partial charge in [0, 0.05) is 12.0 Å². The Morgan fingerprint density at radius 1 is 1.24 bits per heavy atom. The van der Waals surface area contributed by atoms with E-state index in [1.165, 1.54) is 6.07 Å². The lowest BCUT2D eigenvalue weighted by Gasteiger charge is -2.17. The summed E-state index contributed by atoms with van der Waals surface area (Å²) in [7, 11) is 0. The molecule has 1 aliphatic rings. The highest BCUT2D eigenvalue weighted by atomic mass is 35.5. The molecule has 0 N–H and O–H groups in total. The molecule has 0 unspecified atom stereocenters. The molecule has 0 atom stereocenters. The maximum Gasteiger partial charge on any atom is 0.573 e. The molecular formula is C11H8ClF3O2. The zero-order valence-electron chi connectivity index (χ0n) is 8.60. The molecule has 0 fully saturated rings. The summed E-state index contributed by atoms with van der Waals surface area (Å²) in [5, 5.41) is -0.129. The van der Waals surface area contributed by atoms with Crippen LogP contribution in [0.3, 0.4) is 0 Å². The SMILES string of the molecule is O=C1CCCc2cc(Cl)c(OC(F)(F)F)cc21. The largest absolute Gasteiger partial charge is 0.573 e. The van der Waals surface area contributed by atoms with Crippen LogP contribution in [0.5, 0.6) is 5.75 Å². The molecule has 0 bridgehead atoms. The van der Waals surface area contributed by atoms with Gasteiger partial charge in [0.05, 0.1) is 5.02 Å². The van der Waals surface area contributed by atoms with Crippen LogP contribution in [0, 0.1) is 0 Å². The first-order chi connectivity index (χ1) is 7.87. The second-order valence-electron chi connectivity index (χ2n) is 3.76. The van der Waals surface area contributed by atoms with Crippen LogP contribution in [-0.4, -0.2) is 12.1 Å². The monoisotopic (exact) mass is 264 g/mol. The van der Waals surface area contributed by atoms with Crippen molar-refractivity contribution < 1.29 is 22.7 Å². The molecule has 1 aliphatic carbocycles. The van der Waals surface area contributed by atoms with Crippen LogP contribution in [0.2, 0.25) is 5.02 Å². The van der Waals surface area contributed by atoms with Crippen molar-refractivity contribution in [3.63, 3.8) is 0 Å². The van der Waals surface area contributed by atoms with E-state index in [-0.39, 0.29) is 16.4 Å². The third kappa shape index (κ3) is 2.72. The Kier molecular flexibility index (Phi) is 3.03. The van der Waals surface area contributed by atoms with Gasteiger partial charge >= 0.3 is 6.36 Å². The van der Waals surface area contributed by atoms with Gasteiger partial charge in [-0.05, 0) is 30.5 Å². The fraction of sp³-hybridized carbons (Fsp3) is 0.364. The number of Topliss-reactive ketones (excluding diaryl/α,β-unsaturated/α-hetero) is 1. The number of ketones is 1. The minimum Gasteiger partial charge on any atom is -0.404 e. The summed E-state index contributed by atoms with van der Waals surface area (Å²) >= 11 is 5.68. The molecule has 92 valence electrons. The average Bonchev–Trinajstić information content (AvgIpc) is 2.18. The summed E-state index contributed by atoms with van der Waals surface area (Å²) in [6.45, 7) is 0. The van der Waals surface area contributed by atoms with Crippen molar-refractivity contribution in [2.75, 3.05) is 0 Å². The average molecular weight is 265 g/mol. The van der Waals surface area contributed by atoms with E-state index in [0.717, 1.165) is 6.07 Å². The fourth-order valence-electron chi connectivity index (χ4n) is 1.84. The van der Waals surface area contributed by atoms with Crippen molar-refractivity contribution in [1.29, 1.82) is 0 Å². The first-order valence-corrected chi connectivity index (χ1v) is 5.36. The molecule has 1 aromatic rings. The van der Waals surface area contributed by atoms with Gasteiger partial charge in [0.15, 0.2) is 5.78 Å². The molecule has 0 saturated carbocycles. The summed E-state index contributed by atoms with van der Waals surface area (Å²) in [5.41, 5.74) is 0.959. The normalized spacial score (nSPS) is 15.6. The lowest BCUT2D eigenvalue weighted by atomic mass is 9.90. The number of benzene rings is 1. The van der Waals surface area contributed by atoms with Crippen LogP contribution in [-0.2, 0) is 6.42 Å². The van der Waals surface area contributed by atoms with Gasteiger partial charge in [-0.3, -0.25) is 4.79 Å². The number of carbonyl (C=O) groups is 1. The molecule has 0 saturated heterocycles. The van der Waals surface area contributed by atoms with Crippen LogP contribution in [0.25, 0.3) is 0 Å². The number of alkyl halides is 3. The van der Waals surface area contributed by atoms with Crippen molar-refractivity contribution in [1.82, 2.24) is 0 Å². The Hall–Kier alpha value is -1.23. The number of aryl methyl sites for hydroxylation is 1. The lowest BCUT2D eigenvalue weighted by molar-refractivity contribution is -0.274. The Morgan fingerprint density at radius 3 is 2.59 bits per heavy atom. The fourth-order valence-corrected chi connectivity index (χ4v) is 2.06. The molecule has 0 aliphatic heterocycles. The van der Waals surface area contributed by atoms with Crippen molar-refractivity contribution in [3.8, 4) is 5.75 Å². The topological polar surface area (TPSA) is 26.3 Å². The predicted molar refractivity (Wildman–Crippen MR) is 55.4 cm³/mol. The van der Waals surface area contributed by atoms with Crippen LogP contribution in [0.15, 0.2) is 12.1 Å². The molecule has 0 radical (unpaired) electrons. The summed E-state index contributed by atoms with van der Waals surface area (Å²) in [5.74, 6) is -0.692. The molecule has 2 nitrogen and oxygen atoms in total. The van der Waals surface area contributed by atoms with Crippen molar-refractivity contribution in [2.45, 2.75) is 25.6 Å². The quantitative estimate of drug-likeness (QED) is 0.772. The van der Waals surface area contributed by atoms with Crippen LogP contribution >= 0.6 is 11.6 Å². The van der Waals surface area contributed by atoms with E-state index < -0.39 is 12.1 Å². The minimum atomic E-state index is -4.81. The molecule has 2 rings (SSSR count). The Balaban J connectivity index is 2.42. The van der Waals surface area contributed by atoms with Crippen LogP contribution < -0.4 is 4.74 Å². The van der Waals surface area contributed by atoms with Gasteiger partial charge in [-0.15, -0.1) is 13.2 Å². The number of carbonyl (C=O) groups excluding carboxylic acids is 1. The number of rotatable bonds is 1. The highest BCUT2D eigenvalue weighted by Crippen LogP contribution is 2.35. The first kappa shape index (κ1) is 12.2. The number of hydrogen-bond donors (Lipinski definition) is 0. The van der Waals surface area contributed by atoms with Crippen molar-refractivity contribution in [2.24, 2.45) is 0 Å². The molecule has 0 amide bonds.